The van der Waals surface area contributed by atoms with Crippen LogP contribution >= 0.6 is 22.6 Å². The number of halogens is 1. The third-order valence-corrected chi connectivity index (χ3v) is 4.12. The van der Waals surface area contributed by atoms with Crippen molar-refractivity contribution in [3.05, 3.63) is 27.3 Å². The number of hydrogen-bond acceptors (Lipinski definition) is 3. The molecule has 1 saturated heterocycles. The van der Waals surface area contributed by atoms with Crippen molar-refractivity contribution in [3.8, 4) is 0 Å². The first kappa shape index (κ1) is 14.7. The molecule has 0 unspecified atom stereocenters. The average molecular weight is 373 g/mol. The van der Waals surface area contributed by atoms with Crippen molar-refractivity contribution in [1.82, 2.24) is 10.2 Å². The molecule has 1 aliphatic rings. The van der Waals surface area contributed by atoms with Crippen molar-refractivity contribution in [1.29, 1.82) is 0 Å². The Morgan fingerprint density at radius 1 is 1.58 bits per heavy atom. The largest absolute Gasteiger partial charge is 0.325 e. The molecular formula is C14H20IN3O. The minimum Gasteiger partial charge on any atom is -0.325 e. The zero-order valence-corrected chi connectivity index (χ0v) is 13.5. The van der Waals surface area contributed by atoms with Crippen LogP contribution in [-0.2, 0) is 4.79 Å². The first-order chi connectivity index (χ1) is 9.06. The molecule has 0 spiro atoms. The smallest absolute Gasteiger partial charge is 0.238 e. The number of carbonyl (C=O) groups is 1. The van der Waals surface area contributed by atoms with E-state index in [1.807, 2.05) is 19.1 Å². The van der Waals surface area contributed by atoms with Crippen LogP contribution in [-0.4, -0.2) is 43.0 Å². The van der Waals surface area contributed by atoms with Crippen LogP contribution in [0.5, 0.6) is 0 Å². The van der Waals surface area contributed by atoms with Crippen LogP contribution in [0, 0.1) is 10.5 Å². The maximum absolute atomic E-state index is 12.1. The summed E-state index contributed by atoms with van der Waals surface area (Å²) < 4.78 is 1.18. The number of rotatable bonds is 3. The summed E-state index contributed by atoms with van der Waals surface area (Å²) in [6, 6.07) is 6.47. The molecule has 2 rings (SSSR count). The summed E-state index contributed by atoms with van der Waals surface area (Å²) in [6.45, 7) is 7.48. The van der Waals surface area contributed by atoms with Gasteiger partial charge in [-0.2, -0.15) is 0 Å². The van der Waals surface area contributed by atoms with Gasteiger partial charge in [0, 0.05) is 34.9 Å². The van der Waals surface area contributed by atoms with Crippen LogP contribution in [0.15, 0.2) is 18.2 Å². The second kappa shape index (κ2) is 6.67. The Kier molecular flexibility index (Phi) is 5.18. The number of nitrogens with zero attached hydrogens (tertiary/aromatic N) is 1. The van der Waals surface area contributed by atoms with Gasteiger partial charge in [0.05, 0.1) is 6.54 Å². The maximum Gasteiger partial charge on any atom is 0.238 e. The number of nitrogens with one attached hydrogen (secondary N) is 2. The van der Waals surface area contributed by atoms with Crippen LogP contribution in [0.3, 0.4) is 0 Å². The fourth-order valence-corrected chi connectivity index (χ4v) is 2.91. The van der Waals surface area contributed by atoms with E-state index in [9.17, 15) is 4.79 Å². The minimum absolute atomic E-state index is 0.0676. The van der Waals surface area contributed by atoms with Gasteiger partial charge in [-0.3, -0.25) is 9.69 Å². The Morgan fingerprint density at radius 3 is 3.05 bits per heavy atom. The molecule has 1 amide bonds. The van der Waals surface area contributed by atoms with Gasteiger partial charge in [-0.1, -0.05) is 0 Å². The number of carbonyl (C=O) groups excluding carboxylic acids is 1. The van der Waals surface area contributed by atoms with Crippen molar-refractivity contribution in [2.24, 2.45) is 0 Å². The Balaban J connectivity index is 1.93. The van der Waals surface area contributed by atoms with E-state index in [0.717, 1.165) is 30.9 Å². The summed E-state index contributed by atoms with van der Waals surface area (Å²) >= 11 is 2.28. The first-order valence-corrected chi connectivity index (χ1v) is 7.65. The molecule has 1 fully saturated rings. The number of hydrogen-bond donors (Lipinski definition) is 2. The van der Waals surface area contributed by atoms with E-state index in [1.165, 1.54) is 3.57 Å². The minimum atomic E-state index is 0.0676. The predicted octanol–water partition coefficient (Wildman–Crippen LogP) is 1.83. The van der Waals surface area contributed by atoms with Crippen LogP contribution in [0.1, 0.15) is 12.5 Å². The van der Waals surface area contributed by atoms with E-state index >= 15 is 0 Å². The normalized spacial score (nSPS) is 20.3. The lowest BCUT2D eigenvalue weighted by Gasteiger charge is -2.33. The van der Waals surface area contributed by atoms with Crippen molar-refractivity contribution < 1.29 is 4.79 Å². The molecule has 4 nitrogen and oxygen atoms in total. The third kappa shape index (κ3) is 4.15. The highest BCUT2D eigenvalue weighted by Gasteiger charge is 2.20. The molecule has 0 aliphatic carbocycles. The van der Waals surface area contributed by atoms with Crippen molar-refractivity contribution in [2.45, 2.75) is 19.9 Å². The van der Waals surface area contributed by atoms with Crippen molar-refractivity contribution >= 4 is 34.2 Å². The molecule has 1 aromatic carbocycles. The molecule has 1 aromatic rings. The van der Waals surface area contributed by atoms with E-state index in [2.05, 4.69) is 51.1 Å². The highest BCUT2D eigenvalue weighted by atomic mass is 127. The second-order valence-corrected chi connectivity index (χ2v) is 6.28. The van der Waals surface area contributed by atoms with Crippen molar-refractivity contribution in [3.63, 3.8) is 0 Å². The molecular weight excluding hydrogens is 353 g/mol. The Hall–Kier alpha value is -0.660. The molecule has 0 radical (unpaired) electrons. The van der Waals surface area contributed by atoms with Crippen molar-refractivity contribution in [2.75, 3.05) is 31.5 Å². The standard InChI is InChI=1S/C14H20IN3O/c1-10-7-12(15)3-4-13(10)17-14(19)9-18-6-5-16-8-11(18)2/h3-4,7,11,16H,5-6,8-9H2,1-2H3,(H,17,19)/t11-/m0/s1. The van der Waals surface area contributed by atoms with Gasteiger partial charge < -0.3 is 10.6 Å². The monoisotopic (exact) mass is 373 g/mol. The average Bonchev–Trinajstić information content (AvgIpc) is 2.36. The summed E-state index contributed by atoms with van der Waals surface area (Å²) in [7, 11) is 0. The van der Waals surface area contributed by atoms with Gasteiger partial charge in [-0.05, 0) is 60.2 Å². The highest BCUT2D eigenvalue weighted by Crippen LogP contribution is 2.17. The molecule has 0 bridgehead atoms. The molecule has 2 N–H and O–H groups in total. The van der Waals surface area contributed by atoms with Gasteiger partial charge in [0.15, 0.2) is 0 Å². The quantitative estimate of drug-likeness (QED) is 0.795. The number of aryl methyl sites for hydroxylation is 1. The molecule has 1 heterocycles. The van der Waals surface area contributed by atoms with E-state index < -0.39 is 0 Å². The van der Waals surface area contributed by atoms with E-state index in [1.54, 1.807) is 0 Å². The lowest BCUT2D eigenvalue weighted by Crippen LogP contribution is -2.52. The molecule has 5 heteroatoms. The highest BCUT2D eigenvalue weighted by molar-refractivity contribution is 14.1. The topological polar surface area (TPSA) is 44.4 Å². The number of benzene rings is 1. The van der Waals surface area contributed by atoms with Gasteiger partial charge in [-0.15, -0.1) is 0 Å². The van der Waals surface area contributed by atoms with E-state index in [-0.39, 0.29) is 5.91 Å². The van der Waals surface area contributed by atoms with Gasteiger partial charge >= 0.3 is 0 Å². The summed E-state index contributed by atoms with van der Waals surface area (Å²) in [6.07, 6.45) is 0. The number of piperazine rings is 1. The van der Waals surface area contributed by atoms with Gasteiger partial charge in [-0.25, -0.2) is 0 Å². The Morgan fingerprint density at radius 2 is 2.37 bits per heavy atom. The number of amides is 1. The third-order valence-electron chi connectivity index (χ3n) is 3.45. The van der Waals surface area contributed by atoms with E-state index in [0.29, 0.717) is 12.6 Å². The zero-order valence-electron chi connectivity index (χ0n) is 11.4. The van der Waals surface area contributed by atoms with Crippen LogP contribution in [0.4, 0.5) is 5.69 Å². The molecule has 19 heavy (non-hydrogen) atoms. The SMILES string of the molecule is Cc1cc(I)ccc1NC(=O)CN1CCNC[C@@H]1C. The molecule has 0 saturated carbocycles. The van der Waals surface area contributed by atoms with Crippen LogP contribution in [0.25, 0.3) is 0 Å². The predicted molar refractivity (Wildman–Crippen MR) is 86.4 cm³/mol. The van der Waals surface area contributed by atoms with E-state index in [4.69, 9.17) is 0 Å². The number of anilines is 1. The summed E-state index contributed by atoms with van der Waals surface area (Å²) in [5, 5.41) is 6.33. The zero-order chi connectivity index (χ0) is 13.8. The Bertz CT molecular complexity index is 464. The fraction of sp³-hybridized carbons (Fsp3) is 0.500. The maximum atomic E-state index is 12.1. The molecule has 1 atom stereocenters. The van der Waals surface area contributed by atoms with Crippen LogP contribution in [0.2, 0.25) is 0 Å². The summed E-state index contributed by atoms with van der Waals surface area (Å²) in [4.78, 5) is 14.3. The first-order valence-electron chi connectivity index (χ1n) is 6.57. The van der Waals surface area contributed by atoms with Gasteiger partial charge in [0.2, 0.25) is 5.91 Å². The fourth-order valence-electron chi connectivity index (χ4n) is 2.26. The van der Waals surface area contributed by atoms with Crippen LogP contribution < -0.4 is 10.6 Å². The lowest BCUT2D eigenvalue weighted by atomic mass is 10.2. The summed E-state index contributed by atoms with van der Waals surface area (Å²) in [5.41, 5.74) is 2.02. The molecule has 0 aromatic heterocycles. The van der Waals surface area contributed by atoms with Gasteiger partial charge in [0.25, 0.3) is 0 Å². The van der Waals surface area contributed by atoms with Gasteiger partial charge in [0.1, 0.15) is 0 Å². The second-order valence-electron chi connectivity index (χ2n) is 5.03. The Labute approximate surface area is 128 Å². The molecule has 1 aliphatic heterocycles. The lowest BCUT2D eigenvalue weighted by molar-refractivity contribution is -0.118. The summed E-state index contributed by atoms with van der Waals surface area (Å²) in [5.74, 6) is 0.0676. The molecule has 104 valence electrons.